The molecule has 5 heteroatoms. The molecule has 0 bridgehead atoms. The van der Waals surface area contributed by atoms with Crippen LogP contribution in [0, 0.1) is 6.92 Å². The van der Waals surface area contributed by atoms with Crippen LogP contribution in [-0.2, 0) is 11.2 Å². The summed E-state index contributed by atoms with van der Waals surface area (Å²) in [4.78, 5) is 23.8. The zero-order chi connectivity index (χ0) is 22.0. The van der Waals surface area contributed by atoms with Crippen molar-refractivity contribution >= 4 is 39.9 Å². The van der Waals surface area contributed by atoms with Gasteiger partial charge in [-0.25, -0.2) is 0 Å². The van der Waals surface area contributed by atoms with Crippen LogP contribution in [0.3, 0.4) is 0 Å². The van der Waals surface area contributed by atoms with Crippen LogP contribution in [0.5, 0.6) is 0 Å². The SMILES string of the molecule is Cc1c(CC(=O)O)cc2ccc(Cl)cc2c1-c1ccc(NC(=O)c2ccccc2)cc1. The molecule has 0 unspecified atom stereocenters. The van der Waals surface area contributed by atoms with E-state index in [-0.39, 0.29) is 12.3 Å². The van der Waals surface area contributed by atoms with E-state index in [0.29, 0.717) is 16.3 Å². The molecule has 0 atom stereocenters. The summed E-state index contributed by atoms with van der Waals surface area (Å²) in [6, 6.07) is 24.1. The van der Waals surface area contributed by atoms with Crippen LogP contribution in [0.25, 0.3) is 21.9 Å². The van der Waals surface area contributed by atoms with Crippen molar-refractivity contribution in [3.63, 3.8) is 0 Å². The van der Waals surface area contributed by atoms with E-state index in [2.05, 4.69) is 5.32 Å². The highest BCUT2D eigenvalue weighted by Crippen LogP contribution is 2.36. The average Bonchev–Trinajstić information content (AvgIpc) is 2.76. The average molecular weight is 430 g/mol. The molecule has 0 saturated carbocycles. The normalized spacial score (nSPS) is 10.8. The Morgan fingerprint density at radius 3 is 2.32 bits per heavy atom. The summed E-state index contributed by atoms with van der Waals surface area (Å²) in [7, 11) is 0. The second-order valence-corrected chi connectivity index (χ2v) is 7.81. The van der Waals surface area contributed by atoms with Crippen LogP contribution in [0.4, 0.5) is 5.69 Å². The number of fused-ring (bicyclic) bond motifs is 1. The Bertz CT molecular complexity index is 1280. The molecule has 31 heavy (non-hydrogen) atoms. The van der Waals surface area contributed by atoms with Crippen molar-refractivity contribution in [1.29, 1.82) is 0 Å². The highest BCUT2D eigenvalue weighted by molar-refractivity contribution is 6.31. The van der Waals surface area contributed by atoms with Crippen molar-refractivity contribution < 1.29 is 14.7 Å². The molecule has 0 fully saturated rings. The number of benzene rings is 4. The predicted octanol–water partition coefficient (Wildman–Crippen LogP) is 6.35. The zero-order valence-corrected chi connectivity index (χ0v) is 17.6. The van der Waals surface area contributed by atoms with Gasteiger partial charge in [0.1, 0.15) is 0 Å². The van der Waals surface area contributed by atoms with Gasteiger partial charge in [0.05, 0.1) is 6.42 Å². The molecule has 0 radical (unpaired) electrons. The van der Waals surface area contributed by atoms with Crippen molar-refractivity contribution in [2.24, 2.45) is 0 Å². The fraction of sp³-hybridized carbons (Fsp3) is 0.0769. The molecule has 154 valence electrons. The van der Waals surface area contributed by atoms with Gasteiger partial charge in [-0.3, -0.25) is 9.59 Å². The second kappa shape index (κ2) is 8.62. The first kappa shape index (κ1) is 20.6. The van der Waals surface area contributed by atoms with Gasteiger partial charge in [-0.2, -0.15) is 0 Å². The number of amides is 1. The molecular formula is C26H20ClNO3. The summed E-state index contributed by atoms with van der Waals surface area (Å²) in [5, 5.41) is 14.7. The molecule has 1 amide bonds. The zero-order valence-electron chi connectivity index (χ0n) is 16.9. The van der Waals surface area contributed by atoms with Gasteiger partial charge in [0.25, 0.3) is 5.91 Å². The summed E-state index contributed by atoms with van der Waals surface area (Å²) < 4.78 is 0. The number of hydrogen-bond donors (Lipinski definition) is 2. The monoisotopic (exact) mass is 429 g/mol. The van der Waals surface area contributed by atoms with Gasteiger partial charge >= 0.3 is 5.97 Å². The highest BCUT2D eigenvalue weighted by Gasteiger charge is 2.15. The molecule has 0 spiro atoms. The van der Waals surface area contributed by atoms with E-state index >= 15 is 0 Å². The van der Waals surface area contributed by atoms with Gasteiger partial charge in [-0.05, 0) is 76.3 Å². The molecule has 0 aliphatic heterocycles. The van der Waals surface area contributed by atoms with Crippen LogP contribution in [0.2, 0.25) is 5.02 Å². The molecule has 0 aliphatic rings. The van der Waals surface area contributed by atoms with Crippen LogP contribution >= 0.6 is 11.6 Å². The number of nitrogens with one attached hydrogen (secondary N) is 1. The summed E-state index contributed by atoms with van der Waals surface area (Å²) in [6.45, 7) is 1.93. The van der Waals surface area contributed by atoms with Crippen molar-refractivity contribution in [1.82, 2.24) is 0 Å². The molecule has 4 nitrogen and oxygen atoms in total. The fourth-order valence-corrected chi connectivity index (χ4v) is 3.93. The van der Waals surface area contributed by atoms with Crippen molar-refractivity contribution in [3.05, 3.63) is 101 Å². The maximum Gasteiger partial charge on any atom is 0.307 e. The Hall–Kier alpha value is -3.63. The van der Waals surface area contributed by atoms with E-state index in [4.69, 9.17) is 11.6 Å². The smallest absolute Gasteiger partial charge is 0.307 e. The van der Waals surface area contributed by atoms with E-state index < -0.39 is 5.97 Å². The lowest BCUT2D eigenvalue weighted by molar-refractivity contribution is -0.136. The lowest BCUT2D eigenvalue weighted by atomic mass is 9.89. The van der Waals surface area contributed by atoms with E-state index in [1.807, 2.05) is 67.6 Å². The predicted molar refractivity (Wildman–Crippen MR) is 125 cm³/mol. The maximum atomic E-state index is 12.4. The minimum atomic E-state index is -0.874. The van der Waals surface area contributed by atoms with Crippen molar-refractivity contribution in [2.45, 2.75) is 13.3 Å². The van der Waals surface area contributed by atoms with Gasteiger partial charge in [-0.15, -0.1) is 0 Å². The Labute approximate surface area is 185 Å². The number of anilines is 1. The lowest BCUT2D eigenvalue weighted by Gasteiger charge is -2.16. The number of rotatable bonds is 5. The largest absolute Gasteiger partial charge is 0.481 e. The third-order valence-corrected chi connectivity index (χ3v) is 5.52. The van der Waals surface area contributed by atoms with E-state index in [1.54, 1.807) is 18.2 Å². The van der Waals surface area contributed by atoms with Crippen LogP contribution in [0.15, 0.2) is 78.9 Å². The third kappa shape index (κ3) is 4.44. The first-order valence-corrected chi connectivity index (χ1v) is 10.2. The lowest BCUT2D eigenvalue weighted by Crippen LogP contribution is -2.11. The minimum Gasteiger partial charge on any atom is -0.481 e. The number of hydrogen-bond acceptors (Lipinski definition) is 2. The summed E-state index contributed by atoms with van der Waals surface area (Å²) >= 11 is 6.25. The van der Waals surface area contributed by atoms with Gasteiger partial charge in [0, 0.05) is 16.3 Å². The molecule has 2 N–H and O–H groups in total. The topological polar surface area (TPSA) is 66.4 Å². The van der Waals surface area contributed by atoms with Crippen LogP contribution < -0.4 is 5.32 Å². The Balaban J connectivity index is 1.74. The third-order valence-electron chi connectivity index (χ3n) is 5.28. The fourth-order valence-electron chi connectivity index (χ4n) is 3.76. The van der Waals surface area contributed by atoms with E-state index in [9.17, 15) is 14.7 Å². The molecule has 4 rings (SSSR count). The van der Waals surface area contributed by atoms with E-state index in [1.165, 1.54) is 0 Å². The van der Waals surface area contributed by atoms with Gasteiger partial charge in [-0.1, -0.05) is 54.1 Å². The van der Waals surface area contributed by atoms with Crippen LogP contribution in [-0.4, -0.2) is 17.0 Å². The quantitative estimate of drug-likeness (QED) is 0.388. The molecular weight excluding hydrogens is 410 g/mol. The molecule has 0 heterocycles. The standard InChI is InChI=1S/C26H20ClNO3/c1-16-20(14-24(29)30)13-19-7-10-21(27)15-23(19)25(16)17-8-11-22(12-9-17)28-26(31)18-5-3-2-4-6-18/h2-13,15H,14H2,1H3,(H,28,31)(H,29,30). The van der Waals surface area contributed by atoms with E-state index in [0.717, 1.165) is 33.0 Å². The highest BCUT2D eigenvalue weighted by atomic mass is 35.5. The first-order chi connectivity index (χ1) is 14.9. The number of carbonyl (C=O) groups excluding carboxylic acids is 1. The van der Waals surface area contributed by atoms with Crippen molar-refractivity contribution in [2.75, 3.05) is 5.32 Å². The minimum absolute atomic E-state index is 0.0530. The number of carbonyl (C=O) groups is 2. The summed E-state index contributed by atoms with van der Waals surface area (Å²) in [5.74, 6) is -1.05. The number of carboxylic acids is 1. The molecule has 0 saturated heterocycles. The van der Waals surface area contributed by atoms with Crippen LogP contribution in [0.1, 0.15) is 21.5 Å². The molecule has 0 aromatic heterocycles. The maximum absolute atomic E-state index is 12.4. The van der Waals surface area contributed by atoms with Gasteiger partial charge in [0.2, 0.25) is 0 Å². The summed E-state index contributed by atoms with van der Waals surface area (Å²) in [5.41, 5.74) is 4.80. The first-order valence-electron chi connectivity index (χ1n) is 9.83. The number of halogens is 1. The molecule has 4 aromatic carbocycles. The van der Waals surface area contributed by atoms with Gasteiger partial charge in [0.15, 0.2) is 0 Å². The Morgan fingerprint density at radius 2 is 1.65 bits per heavy atom. The molecule has 0 aliphatic carbocycles. The number of carboxylic acid groups (broad SMARTS) is 1. The number of aliphatic carboxylic acids is 1. The summed E-state index contributed by atoms with van der Waals surface area (Å²) in [6.07, 6.45) is -0.0530. The Morgan fingerprint density at radius 1 is 0.935 bits per heavy atom. The second-order valence-electron chi connectivity index (χ2n) is 7.37. The van der Waals surface area contributed by atoms with Crippen molar-refractivity contribution in [3.8, 4) is 11.1 Å². The molecule has 4 aromatic rings. The van der Waals surface area contributed by atoms with Gasteiger partial charge < -0.3 is 10.4 Å². The Kier molecular flexibility index (Phi) is 5.74.